The molecule has 0 saturated carbocycles. The van der Waals surface area contributed by atoms with Gasteiger partial charge >= 0.3 is 0 Å². The molecule has 4 heterocycles. The standard InChI is InChI=1S/C22H19N5O2S/c1-14(28)27-10-7-15-11-18(5-4-17(15)13-27)30-26-20-12-16(6-9-23-20)22-25-21-19(29-22)3-2-8-24-21/h2-6,8-9,11-12H,7,10,13H2,1H3,(H,23,26). The van der Waals surface area contributed by atoms with Crippen LogP contribution >= 0.6 is 11.9 Å². The van der Waals surface area contributed by atoms with Crippen LogP contribution in [0.4, 0.5) is 5.82 Å². The Kier molecular flexibility index (Phi) is 4.84. The fourth-order valence-corrected chi connectivity index (χ4v) is 4.16. The summed E-state index contributed by atoms with van der Waals surface area (Å²) in [5.74, 6) is 1.36. The number of pyridine rings is 2. The fourth-order valence-electron chi connectivity index (χ4n) is 3.48. The number of hydrogen-bond acceptors (Lipinski definition) is 7. The van der Waals surface area contributed by atoms with Gasteiger partial charge in [0, 0.05) is 42.9 Å². The molecule has 1 aliphatic heterocycles. The van der Waals surface area contributed by atoms with Gasteiger partial charge in [-0.25, -0.2) is 9.97 Å². The Balaban J connectivity index is 1.30. The molecule has 1 amide bonds. The van der Waals surface area contributed by atoms with Crippen molar-refractivity contribution in [1.29, 1.82) is 0 Å². The van der Waals surface area contributed by atoms with Gasteiger partial charge in [-0.05, 0) is 65.9 Å². The predicted octanol–water partition coefficient (Wildman–Crippen LogP) is 4.31. The predicted molar refractivity (Wildman–Crippen MR) is 116 cm³/mol. The highest BCUT2D eigenvalue weighted by molar-refractivity contribution is 8.00. The van der Waals surface area contributed by atoms with Gasteiger partial charge in [0.15, 0.2) is 11.2 Å². The van der Waals surface area contributed by atoms with E-state index >= 15 is 0 Å². The maximum Gasteiger partial charge on any atom is 0.229 e. The highest BCUT2D eigenvalue weighted by atomic mass is 32.2. The molecule has 0 saturated heterocycles. The highest BCUT2D eigenvalue weighted by Gasteiger charge is 2.18. The molecule has 5 rings (SSSR count). The number of nitrogens with zero attached hydrogens (tertiary/aromatic N) is 4. The zero-order valence-corrected chi connectivity index (χ0v) is 17.1. The third-order valence-corrected chi connectivity index (χ3v) is 5.88. The monoisotopic (exact) mass is 417 g/mol. The van der Waals surface area contributed by atoms with Crippen LogP contribution in [0.25, 0.3) is 22.7 Å². The minimum absolute atomic E-state index is 0.126. The molecule has 150 valence electrons. The van der Waals surface area contributed by atoms with Crippen LogP contribution in [-0.4, -0.2) is 32.3 Å². The third kappa shape index (κ3) is 3.73. The van der Waals surface area contributed by atoms with Gasteiger partial charge < -0.3 is 14.0 Å². The number of benzene rings is 1. The summed E-state index contributed by atoms with van der Waals surface area (Å²) in [6.07, 6.45) is 4.30. The molecule has 1 aliphatic rings. The fraction of sp³-hybridized carbons (Fsp3) is 0.182. The van der Waals surface area contributed by atoms with E-state index in [1.165, 1.54) is 23.1 Å². The first-order valence-corrected chi connectivity index (χ1v) is 10.5. The molecule has 0 fully saturated rings. The van der Waals surface area contributed by atoms with Crippen molar-refractivity contribution in [3.05, 3.63) is 66.0 Å². The van der Waals surface area contributed by atoms with Gasteiger partial charge in [-0.3, -0.25) is 4.79 Å². The van der Waals surface area contributed by atoms with Crippen molar-refractivity contribution in [2.24, 2.45) is 0 Å². The molecule has 1 aromatic carbocycles. The smallest absolute Gasteiger partial charge is 0.229 e. The number of carbonyl (C=O) groups excluding carboxylic acids is 1. The van der Waals surface area contributed by atoms with Crippen LogP contribution in [0.3, 0.4) is 0 Å². The van der Waals surface area contributed by atoms with E-state index in [9.17, 15) is 4.79 Å². The van der Waals surface area contributed by atoms with Crippen molar-refractivity contribution in [3.63, 3.8) is 0 Å². The second kappa shape index (κ2) is 7.79. The van der Waals surface area contributed by atoms with Gasteiger partial charge in [-0.15, -0.1) is 0 Å². The van der Waals surface area contributed by atoms with Crippen LogP contribution < -0.4 is 4.72 Å². The van der Waals surface area contributed by atoms with E-state index in [1.807, 2.05) is 29.2 Å². The van der Waals surface area contributed by atoms with Crippen LogP contribution in [0.2, 0.25) is 0 Å². The van der Waals surface area contributed by atoms with E-state index in [-0.39, 0.29) is 5.91 Å². The summed E-state index contributed by atoms with van der Waals surface area (Å²) >= 11 is 1.51. The SMILES string of the molecule is CC(=O)N1CCc2cc(SNc3cc(-c4nc5ncccc5o4)ccn3)ccc2C1. The molecular weight excluding hydrogens is 398 g/mol. The average Bonchev–Trinajstić information content (AvgIpc) is 3.22. The summed E-state index contributed by atoms with van der Waals surface area (Å²) in [5, 5.41) is 0. The summed E-state index contributed by atoms with van der Waals surface area (Å²) in [7, 11) is 0. The molecule has 8 heteroatoms. The Hall–Kier alpha value is -3.39. The lowest BCUT2D eigenvalue weighted by Gasteiger charge is -2.28. The minimum Gasteiger partial charge on any atom is -0.434 e. The molecule has 0 radical (unpaired) electrons. The normalized spacial score (nSPS) is 13.3. The van der Waals surface area contributed by atoms with Gasteiger partial charge in [0.2, 0.25) is 11.8 Å². The van der Waals surface area contributed by atoms with Crippen molar-refractivity contribution in [2.45, 2.75) is 24.8 Å². The summed E-state index contributed by atoms with van der Waals surface area (Å²) in [4.78, 5) is 27.6. The first-order chi connectivity index (χ1) is 14.7. The Labute approximate surface area is 177 Å². The molecular formula is C22H19N5O2S. The minimum atomic E-state index is 0.126. The Morgan fingerprint density at radius 2 is 2.07 bits per heavy atom. The van der Waals surface area contributed by atoms with Crippen molar-refractivity contribution >= 4 is 34.9 Å². The average molecular weight is 417 g/mol. The first-order valence-electron chi connectivity index (χ1n) is 9.64. The number of amides is 1. The molecule has 0 spiro atoms. The van der Waals surface area contributed by atoms with E-state index < -0.39 is 0 Å². The third-order valence-electron chi connectivity index (χ3n) is 5.08. The highest BCUT2D eigenvalue weighted by Crippen LogP contribution is 2.28. The second-order valence-corrected chi connectivity index (χ2v) is 7.98. The van der Waals surface area contributed by atoms with Crippen LogP contribution in [0.5, 0.6) is 0 Å². The van der Waals surface area contributed by atoms with E-state index in [0.29, 0.717) is 29.5 Å². The molecule has 0 atom stereocenters. The largest absolute Gasteiger partial charge is 0.434 e. The van der Waals surface area contributed by atoms with Gasteiger partial charge in [-0.2, -0.15) is 4.98 Å². The Morgan fingerprint density at radius 1 is 1.13 bits per heavy atom. The molecule has 0 bridgehead atoms. The number of nitrogens with one attached hydrogen (secondary N) is 1. The van der Waals surface area contributed by atoms with Crippen LogP contribution in [-0.2, 0) is 17.8 Å². The Bertz CT molecular complexity index is 1210. The summed E-state index contributed by atoms with van der Waals surface area (Å²) in [6.45, 7) is 3.08. The molecule has 1 N–H and O–H groups in total. The van der Waals surface area contributed by atoms with Crippen molar-refractivity contribution < 1.29 is 9.21 Å². The van der Waals surface area contributed by atoms with Crippen molar-refractivity contribution in [2.75, 3.05) is 11.3 Å². The van der Waals surface area contributed by atoms with Gasteiger partial charge in [0.05, 0.1) is 0 Å². The summed E-state index contributed by atoms with van der Waals surface area (Å²) < 4.78 is 9.09. The van der Waals surface area contributed by atoms with Crippen LogP contribution in [0.15, 0.2) is 64.2 Å². The van der Waals surface area contributed by atoms with E-state index in [2.05, 4.69) is 37.9 Å². The zero-order chi connectivity index (χ0) is 20.5. The maximum absolute atomic E-state index is 11.6. The number of aromatic nitrogens is 3. The number of fused-ring (bicyclic) bond motifs is 2. The van der Waals surface area contributed by atoms with E-state index in [0.717, 1.165) is 23.4 Å². The molecule has 4 aromatic rings. The summed E-state index contributed by atoms with van der Waals surface area (Å²) in [6, 6.07) is 13.8. The molecule has 30 heavy (non-hydrogen) atoms. The lowest BCUT2D eigenvalue weighted by molar-refractivity contribution is -0.129. The van der Waals surface area contributed by atoms with Crippen LogP contribution in [0, 0.1) is 0 Å². The first kappa shape index (κ1) is 18.6. The van der Waals surface area contributed by atoms with Gasteiger partial charge in [-0.1, -0.05) is 6.07 Å². The topological polar surface area (TPSA) is 84.2 Å². The lowest BCUT2D eigenvalue weighted by atomic mass is 10.00. The van der Waals surface area contributed by atoms with Gasteiger partial charge in [0.1, 0.15) is 5.82 Å². The molecule has 0 unspecified atom stereocenters. The maximum atomic E-state index is 11.6. The number of carbonyl (C=O) groups is 1. The lowest BCUT2D eigenvalue weighted by Crippen LogP contribution is -2.34. The quantitative estimate of drug-likeness (QED) is 0.495. The van der Waals surface area contributed by atoms with E-state index in [4.69, 9.17) is 4.42 Å². The van der Waals surface area contributed by atoms with Crippen molar-refractivity contribution in [3.8, 4) is 11.5 Å². The number of hydrogen-bond donors (Lipinski definition) is 1. The van der Waals surface area contributed by atoms with Gasteiger partial charge in [0.25, 0.3) is 0 Å². The van der Waals surface area contributed by atoms with Crippen LogP contribution in [0.1, 0.15) is 18.1 Å². The molecule has 3 aromatic heterocycles. The second-order valence-electron chi connectivity index (χ2n) is 7.10. The zero-order valence-electron chi connectivity index (χ0n) is 16.3. The molecule has 0 aliphatic carbocycles. The van der Waals surface area contributed by atoms with E-state index in [1.54, 1.807) is 19.3 Å². The van der Waals surface area contributed by atoms with Crippen molar-refractivity contribution in [1.82, 2.24) is 19.9 Å². The summed E-state index contributed by atoms with van der Waals surface area (Å²) in [5.41, 5.74) is 4.59. The number of rotatable bonds is 4. The number of anilines is 1. The number of oxazole rings is 1. The Morgan fingerprint density at radius 3 is 2.93 bits per heavy atom. The molecule has 7 nitrogen and oxygen atoms in total.